The van der Waals surface area contributed by atoms with Crippen molar-refractivity contribution in [2.45, 2.75) is 26.9 Å². The summed E-state index contributed by atoms with van der Waals surface area (Å²) in [7, 11) is 1.94. The fourth-order valence-corrected chi connectivity index (χ4v) is 2.78. The summed E-state index contributed by atoms with van der Waals surface area (Å²) in [5, 5.41) is 4.25. The first-order chi connectivity index (χ1) is 10.6. The Kier molecular flexibility index (Phi) is 8.46. The van der Waals surface area contributed by atoms with Crippen molar-refractivity contribution in [2.24, 2.45) is 4.99 Å². The molecule has 0 saturated carbocycles. The molecule has 1 aromatic heterocycles. The maximum atomic E-state index is 13.3. The molecule has 0 radical (unpaired) electrons. The first-order valence-electron chi connectivity index (χ1n) is 7.23. The van der Waals surface area contributed by atoms with Gasteiger partial charge in [0.2, 0.25) is 0 Å². The fourth-order valence-electron chi connectivity index (χ4n) is 2.07. The van der Waals surface area contributed by atoms with Crippen LogP contribution in [0.5, 0.6) is 0 Å². The van der Waals surface area contributed by atoms with E-state index in [1.54, 1.807) is 23.5 Å². The summed E-state index contributed by atoms with van der Waals surface area (Å²) in [5.74, 6) is 0.575. The molecule has 0 fully saturated rings. The highest BCUT2D eigenvalue weighted by atomic mass is 127. The zero-order chi connectivity index (χ0) is 15.9. The molecule has 0 bridgehead atoms. The normalized spacial score (nSPS) is 11.0. The van der Waals surface area contributed by atoms with E-state index in [1.165, 1.54) is 10.9 Å². The number of halogens is 2. The molecule has 0 aliphatic carbocycles. The van der Waals surface area contributed by atoms with Gasteiger partial charge in [0.15, 0.2) is 5.96 Å². The lowest BCUT2D eigenvalue weighted by Crippen LogP contribution is -2.38. The molecule has 1 aromatic carbocycles. The van der Waals surface area contributed by atoms with Crippen LogP contribution >= 0.6 is 35.3 Å². The summed E-state index contributed by atoms with van der Waals surface area (Å²) in [4.78, 5) is 12.1. The summed E-state index contributed by atoms with van der Waals surface area (Å²) in [6.07, 6.45) is 1.86. The number of hydrogen-bond acceptors (Lipinski definition) is 3. The first-order valence-corrected chi connectivity index (χ1v) is 8.05. The quantitative estimate of drug-likeness (QED) is 0.430. The third-order valence-electron chi connectivity index (χ3n) is 3.04. The monoisotopic (exact) mass is 448 g/mol. The predicted molar refractivity (Wildman–Crippen MR) is 105 cm³/mol. The van der Waals surface area contributed by atoms with E-state index >= 15 is 0 Å². The molecule has 0 unspecified atom stereocenters. The van der Waals surface area contributed by atoms with Crippen LogP contribution in [-0.2, 0) is 13.1 Å². The highest BCUT2D eigenvalue weighted by molar-refractivity contribution is 14.0. The summed E-state index contributed by atoms with van der Waals surface area (Å²) >= 11 is 1.65. The van der Waals surface area contributed by atoms with E-state index < -0.39 is 0 Å². The minimum absolute atomic E-state index is 0. The van der Waals surface area contributed by atoms with Gasteiger partial charge in [0, 0.05) is 31.2 Å². The van der Waals surface area contributed by atoms with Crippen LogP contribution in [0.4, 0.5) is 4.39 Å². The summed E-state index contributed by atoms with van der Waals surface area (Å²) < 4.78 is 13.3. The second-order valence-electron chi connectivity index (χ2n) is 5.02. The molecule has 0 saturated heterocycles. The number of nitrogens with one attached hydrogen (secondary N) is 1. The van der Waals surface area contributed by atoms with Crippen molar-refractivity contribution in [2.75, 3.05) is 13.6 Å². The molecule has 1 N–H and O–H groups in total. The molecule has 0 aliphatic rings. The van der Waals surface area contributed by atoms with Crippen LogP contribution in [0.1, 0.15) is 22.4 Å². The minimum atomic E-state index is -0.217. The molecule has 126 valence electrons. The topological polar surface area (TPSA) is 40.5 Å². The zero-order valence-electron chi connectivity index (χ0n) is 13.5. The van der Waals surface area contributed by atoms with Crippen molar-refractivity contribution in [3.05, 3.63) is 51.7 Å². The Labute approximate surface area is 157 Å². The van der Waals surface area contributed by atoms with Gasteiger partial charge in [-0.05, 0) is 31.5 Å². The predicted octanol–water partition coefficient (Wildman–Crippen LogP) is 3.81. The Balaban J connectivity index is 0.00000264. The van der Waals surface area contributed by atoms with Gasteiger partial charge in [-0.15, -0.1) is 35.3 Å². The Morgan fingerprint density at radius 2 is 2.22 bits per heavy atom. The van der Waals surface area contributed by atoms with E-state index in [1.807, 2.05) is 38.1 Å². The second kappa shape index (κ2) is 9.82. The van der Waals surface area contributed by atoms with Gasteiger partial charge in [-0.3, -0.25) is 0 Å². The highest BCUT2D eigenvalue weighted by Crippen LogP contribution is 2.12. The maximum Gasteiger partial charge on any atom is 0.194 e. The lowest BCUT2D eigenvalue weighted by atomic mass is 10.2. The molecule has 4 nitrogen and oxygen atoms in total. The van der Waals surface area contributed by atoms with Crippen LogP contribution in [0.2, 0.25) is 0 Å². The third kappa shape index (κ3) is 6.42. The van der Waals surface area contributed by atoms with Gasteiger partial charge in [0.25, 0.3) is 0 Å². The SMILES string of the molecule is CCNC(=NCc1ncc(C)s1)N(C)Cc1cccc(F)c1.I. The van der Waals surface area contributed by atoms with Gasteiger partial charge >= 0.3 is 0 Å². The van der Waals surface area contributed by atoms with Crippen molar-refractivity contribution in [1.29, 1.82) is 0 Å². The van der Waals surface area contributed by atoms with E-state index in [0.717, 1.165) is 23.1 Å². The summed E-state index contributed by atoms with van der Waals surface area (Å²) in [6.45, 7) is 5.99. The lowest BCUT2D eigenvalue weighted by Gasteiger charge is -2.22. The molecule has 0 atom stereocenters. The average molecular weight is 448 g/mol. The molecular formula is C16H22FIN4S. The Bertz CT molecular complexity index is 645. The molecule has 23 heavy (non-hydrogen) atoms. The smallest absolute Gasteiger partial charge is 0.194 e. The Morgan fingerprint density at radius 3 is 2.83 bits per heavy atom. The van der Waals surface area contributed by atoms with Crippen LogP contribution < -0.4 is 5.32 Å². The number of aromatic nitrogens is 1. The lowest BCUT2D eigenvalue weighted by molar-refractivity contribution is 0.474. The highest BCUT2D eigenvalue weighted by Gasteiger charge is 2.07. The Morgan fingerprint density at radius 1 is 1.43 bits per heavy atom. The second-order valence-corrected chi connectivity index (χ2v) is 6.34. The molecule has 1 heterocycles. The van der Waals surface area contributed by atoms with Crippen LogP contribution in [0, 0.1) is 12.7 Å². The standard InChI is InChI=1S/C16H21FN4S.HI/c1-4-18-16(20-10-15-19-9-12(2)22-15)21(3)11-13-6-5-7-14(17)8-13;/h5-9H,4,10-11H2,1-3H3,(H,18,20);1H. The van der Waals surface area contributed by atoms with Crippen LogP contribution in [0.15, 0.2) is 35.5 Å². The van der Waals surface area contributed by atoms with E-state index in [-0.39, 0.29) is 29.8 Å². The van der Waals surface area contributed by atoms with Crippen LogP contribution in [0.25, 0.3) is 0 Å². The summed E-state index contributed by atoms with van der Waals surface area (Å²) in [5.41, 5.74) is 0.915. The zero-order valence-corrected chi connectivity index (χ0v) is 16.7. The van der Waals surface area contributed by atoms with Gasteiger partial charge in [-0.1, -0.05) is 12.1 Å². The third-order valence-corrected chi connectivity index (χ3v) is 3.94. The van der Waals surface area contributed by atoms with Gasteiger partial charge < -0.3 is 10.2 Å². The van der Waals surface area contributed by atoms with Crippen molar-refractivity contribution < 1.29 is 4.39 Å². The molecule has 0 amide bonds. The molecule has 0 spiro atoms. The summed E-state index contributed by atoms with van der Waals surface area (Å²) in [6, 6.07) is 6.63. The Hall–Kier alpha value is -1.22. The molecule has 7 heteroatoms. The number of nitrogens with zero attached hydrogens (tertiary/aromatic N) is 3. The van der Waals surface area contributed by atoms with Crippen molar-refractivity contribution in [3.8, 4) is 0 Å². The van der Waals surface area contributed by atoms with Crippen molar-refractivity contribution >= 4 is 41.3 Å². The average Bonchev–Trinajstić information content (AvgIpc) is 2.89. The molecular weight excluding hydrogens is 426 g/mol. The number of aliphatic imine (C=N–C) groups is 1. The van der Waals surface area contributed by atoms with Gasteiger partial charge in [0.05, 0.1) is 6.54 Å². The van der Waals surface area contributed by atoms with E-state index in [9.17, 15) is 4.39 Å². The van der Waals surface area contributed by atoms with E-state index in [2.05, 4.69) is 15.3 Å². The minimum Gasteiger partial charge on any atom is -0.357 e. The number of rotatable bonds is 5. The van der Waals surface area contributed by atoms with Gasteiger partial charge in [0.1, 0.15) is 10.8 Å². The van der Waals surface area contributed by atoms with E-state index in [0.29, 0.717) is 13.1 Å². The first kappa shape index (κ1) is 19.8. The fraction of sp³-hybridized carbons (Fsp3) is 0.375. The maximum absolute atomic E-state index is 13.3. The molecule has 2 aromatic rings. The molecule has 0 aliphatic heterocycles. The van der Waals surface area contributed by atoms with Crippen molar-refractivity contribution in [1.82, 2.24) is 15.2 Å². The van der Waals surface area contributed by atoms with E-state index in [4.69, 9.17) is 0 Å². The van der Waals surface area contributed by atoms with Gasteiger partial charge in [-0.2, -0.15) is 0 Å². The largest absolute Gasteiger partial charge is 0.357 e. The van der Waals surface area contributed by atoms with Crippen molar-refractivity contribution in [3.63, 3.8) is 0 Å². The van der Waals surface area contributed by atoms with Gasteiger partial charge in [-0.25, -0.2) is 14.4 Å². The number of guanidine groups is 1. The number of hydrogen-bond donors (Lipinski definition) is 1. The van der Waals surface area contributed by atoms with Crippen LogP contribution in [0.3, 0.4) is 0 Å². The number of aryl methyl sites for hydroxylation is 1. The molecule has 2 rings (SSSR count). The number of benzene rings is 1. The van der Waals surface area contributed by atoms with Crippen LogP contribution in [-0.4, -0.2) is 29.4 Å². The number of thiazole rings is 1.